The summed E-state index contributed by atoms with van der Waals surface area (Å²) in [7, 11) is 0. The van der Waals surface area contributed by atoms with E-state index >= 15 is 0 Å². The first-order valence-corrected chi connectivity index (χ1v) is 8.64. The molecule has 0 spiro atoms. The van der Waals surface area contributed by atoms with E-state index in [4.69, 9.17) is 0 Å². The first-order chi connectivity index (χ1) is 11.6. The lowest BCUT2D eigenvalue weighted by molar-refractivity contribution is -0.133. The Bertz CT molecular complexity index is 699. The van der Waals surface area contributed by atoms with Gasteiger partial charge in [-0.1, -0.05) is 26.0 Å². The van der Waals surface area contributed by atoms with Crippen molar-refractivity contribution < 1.29 is 14.4 Å². The Morgan fingerprint density at radius 3 is 2.60 bits per heavy atom. The van der Waals surface area contributed by atoms with E-state index in [1.165, 1.54) is 0 Å². The van der Waals surface area contributed by atoms with Crippen molar-refractivity contribution in [2.45, 2.75) is 53.0 Å². The summed E-state index contributed by atoms with van der Waals surface area (Å²) < 4.78 is 0. The van der Waals surface area contributed by atoms with Gasteiger partial charge in [0.15, 0.2) is 0 Å². The van der Waals surface area contributed by atoms with Crippen LogP contribution in [0.4, 0.5) is 10.5 Å². The summed E-state index contributed by atoms with van der Waals surface area (Å²) in [6.07, 6.45) is 1.38. The van der Waals surface area contributed by atoms with E-state index in [0.717, 1.165) is 22.4 Å². The number of aryl methyl sites for hydroxylation is 1. The Balaban J connectivity index is 2.04. The number of benzene rings is 1. The van der Waals surface area contributed by atoms with Gasteiger partial charge in [0, 0.05) is 5.69 Å². The maximum Gasteiger partial charge on any atom is 0.325 e. The summed E-state index contributed by atoms with van der Waals surface area (Å²) in [4.78, 5) is 38.1. The van der Waals surface area contributed by atoms with Crippen LogP contribution in [-0.2, 0) is 9.59 Å². The van der Waals surface area contributed by atoms with Crippen LogP contribution in [0.1, 0.15) is 44.7 Å². The van der Waals surface area contributed by atoms with Crippen molar-refractivity contribution in [3.63, 3.8) is 0 Å². The number of rotatable bonds is 6. The molecule has 1 atom stereocenters. The Labute approximate surface area is 149 Å². The molecule has 6 heteroatoms. The topological polar surface area (TPSA) is 78.5 Å². The van der Waals surface area contributed by atoms with Crippen LogP contribution < -0.4 is 10.6 Å². The Kier molecular flexibility index (Phi) is 5.50. The van der Waals surface area contributed by atoms with Gasteiger partial charge in [-0.25, -0.2) is 4.79 Å². The number of imide groups is 1. The molecule has 1 fully saturated rings. The van der Waals surface area contributed by atoms with Crippen LogP contribution >= 0.6 is 0 Å². The lowest BCUT2D eigenvalue weighted by Crippen LogP contribution is -2.44. The van der Waals surface area contributed by atoms with Crippen molar-refractivity contribution in [3.05, 3.63) is 29.3 Å². The molecule has 1 heterocycles. The Morgan fingerprint density at radius 2 is 1.96 bits per heavy atom. The van der Waals surface area contributed by atoms with Gasteiger partial charge >= 0.3 is 6.03 Å². The highest BCUT2D eigenvalue weighted by Gasteiger charge is 2.47. The number of amides is 4. The maximum absolute atomic E-state index is 12.6. The van der Waals surface area contributed by atoms with Gasteiger partial charge < -0.3 is 10.6 Å². The van der Waals surface area contributed by atoms with Gasteiger partial charge in [-0.15, -0.1) is 0 Å². The average Bonchev–Trinajstić information content (AvgIpc) is 2.74. The van der Waals surface area contributed by atoms with Gasteiger partial charge in [0.1, 0.15) is 12.1 Å². The number of anilines is 1. The van der Waals surface area contributed by atoms with Crippen LogP contribution in [0.15, 0.2) is 18.2 Å². The highest BCUT2D eigenvalue weighted by atomic mass is 16.2. The second kappa shape index (κ2) is 7.25. The zero-order chi connectivity index (χ0) is 18.8. The standard InChI is InChI=1S/C19H27N3O3/c1-12(2)9-10-19(5)17(24)22(18(25)21-19)11-16(23)20-15-8-6-7-13(3)14(15)4/h6-8,12H,9-11H2,1-5H3,(H,20,23)(H,21,25)/t19-/m0/s1. The second-order valence-corrected chi connectivity index (χ2v) is 7.38. The molecule has 0 bridgehead atoms. The predicted octanol–water partition coefficient (Wildman–Crippen LogP) is 2.99. The van der Waals surface area contributed by atoms with Crippen LogP contribution in [0.5, 0.6) is 0 Å². The lowest BCUT2D eigenvalue weighted by Gasteiger charge is -2.22. The van der Waals surface area contributed by atoms with Gasteiger partial charge in [0.2, 0.25) is 5.91 Å². The minimum absolute atomic E-state index is 0.282. The Morgan fingerprint density at radius 1 is 1.28 bits per heavy atom. The third kappa shape index (κ3) is 4.18. The molecule has 1 aliphatic heterocycles. The Hall–Kier alpha value is -2.37. The summed E-state index contributed by atoms with van der Waals surface area (Å²) in [5.41, 5.74) is 1.80. The van der Waals surface area contributed by atoms with Crippen LogP contribution in [-0.4, -0.2) is 34.8 Å². The van der Waals surface area contributed by atoms with E-state index in [1.807, 2.05) is 26.0 Å². The molecule has 25 heavy (non-hydrogen) atoms. The highest BCUT2D eigenvalue weighted by molar-refractivity contribution is 6.10. The zero-order valence-corrected chi connectivity index (χ0v) is 15.6. The summed E-state index contributed by atoms with van der Waals surface area (Å²) in [6.45, 7) is 9.46. The maximum atomic E-state index is 12.6. The minimum atomic E-state index is -0.930. The fraction of sp³-hybridized carbons (Fsp3) is 0.526. The fourth-order valence-electron chi connectivity index (χ4n) is 2.86. The largest absolute Gasteiger partial charge is 0.325 e. The fourth-order valence-corrected chi connectivity index (χ4v) is 2.86. The summed E-state index contributed by atoms with van der Waals surface area (Å²) in [5, 5.41) is 5.52. The minimum Gasteiger partial charge on any atom is -0.324 e. The number of urea groups is 1. The summed E-state index contributed by atoms with van der Waals surface area (Å²) in [5.74, 6) is -0.289. The first-order valence-electron chi connectivity index (χ1n) is 8.64. The molecule has 1 saturated heterocycles. The molecule has 1 aromatic carbocycles. The number of hydrogen-bond acceptors (Lipinski definition) is 3. The summed E-state index contributed by atoms with van der Waals surface area (Å²) >= 11 is 0. The van der Waals surface area contributed by atoms with E-state index < -0.39 is 11.6 Å². The molecule has 2 N–H and O–H groups in total. The van der Waals surface area contributed by atoms with Crippen LogP contribution in [0.2, 0.25) is 0 Å². The SMILES string of the molecule is Cc1cccc(NC(=O)CN2C(=O)N[C@@](C)(CCC(C)C)C2=O)c1C. The van der Waals surface area contributed by atoms with E-state index in [9.17, 15) is 14.4 Å². The molecular formula is C19H27N3O3. The van der Waals surface area contributed by atoms with Gasteiger partial charge in [-0.05, 0) is 56.7 Å². The van der Waals surface area contributed by atoms with Crippen molar-refractivity contribution in [3.8, 4) is 0 Å². The van der Waals surface area contributed by atoms with Crippen molar-refractivity contribution in [2.75, 3.05) is 11.9 Å². The van der Waals surface area contributed by atoms with Gasteiger partial charge in [0.05, 0.1) is 0 Å². The molecule has 1 aromatic rings. The van der Waals surface area contributed by atoms with Crippen molar-refractivity contribution in [1.82, 2.24) is 10.2 Å². The lowest BCUT2D eigenvalue weighted by atomic mass is 9.92. The molecular weight excluding hydrogens is 318 g/mol. The summed E-state index contributed by atoms with van der Waals surface area (Å²) in [6, 6.07) is 5.11. The third-order valence-electron chi connectivity index (χ3n) is 4.75. The van der Waals surface area contributed by atoms with Crippen LogP contribution in [0.25, 0.3) is 0 Å². The molecule has 6 nitrogen and oxygen atoms in total. The first kappa shape index (κ1) is 19.0. The predicted molar refractivity (Wildman–Crippen MR) is 97.3 cm³/mol. The van der Waals surface area contributed by atoms with Gasteiger partial charge in [0.25, 0.3) is 5.91 Å². The number of carbonyl (C=O) groups is 3. The second-order valence-electron chi connectivity index (χ2n) is 7.38. The molecule has 0 radical (unpaired) electrons. The molecule has 4 amide bonds. The normalized spacial score (nSPS) is 20.2. The zero-order valence-electron chi connectivity index (χ0n) is 15.6. The number of hydrogen-bond donors (Lipinski definition) is 2. The van der Waals surface area contributed by atoms with E-state index in [1.54, 1.807) is 13.0 Å². The van der Waals surface area contributed by atoms with Crippen LogP contribution in [0, 0.1) is 19.8 Å². The van der Waals surface area contributed by atoms with E-state index in [2.05, 4.69) is 24.5 Å². The molecule has 0 aromatic heterocycles. The third-order valence-corrected chi connectivity index (χ3v) is 4.75. The number of nitrogens with one attached hydrogen (secondary N) is 2. The number of nitrogens with zero attached hydrogens (tertiary/aromatic N) is 1. The molecule has 2 rings (SSSR count). The van der Waals surface area contributed by atoms with Gasteiger partial charge in [-0.3, -0.25) is 14.5 Å². The molecule has 0 unspecified atom stereocenters. The van der Waals surface area contributed by atoms with Crippen molar-refractivity contribution in [2.24, 2.45) is 5.92 Å². The van der Waals surface area contributed by atoms with E-state index in [0.29, 0.717) is 18.0 Å². The van der Waals surface area contributed by atoms with Gasteiger partial charge in [-0.2, -0.15) is 0 Å². The molecule has 0 saturated carbocycles. The van der Waals surface area contributed by atoms with Crippen molar-refractivity contribution in [1.29, 1.82) is 0 Å². The highest BCUT2D eigenvalue weighted by Crippen LogP contribution is 2.25. The number of carbonyl (C=O) groups excluding carboxylic acids is 3. The molecule has 1 aliphatic rings. The molecule has 0 aliphatic carbocycles. The average molecular weight is 345 g/mol. The monoisotopic (exact) mass is 345 g/mol. The smallest absolute Gasteiger partial charge is 0.324 e. The molecule has 136 valence electrons. The quantitative estimate of drug-likeness (QED) is 0.778. The van der Waals surface area contributed by atoms with Crippen molar-refractivity contribution >= 4 is 23.5 Å². The van der Waals surface area contributed by atoms with Crippen LogP contribution in [0.3, 0.4) is 0 Å². The van der Waals surface area contributed by atoms with E-state index in [-0.39, 0.29) is 18.4 Å².